The molecule has 1 aromatic carbocycles. The van der Waals surface area contributed by atoms with E-state index in [4.69, 9.17) is 0 Å². The maximum Gasteiger partial charge on any atom is 0.255 e. The minimum absolute atomic E-state index is 0.0330. The number of phenolic OH excluding ortho intramolecular Hbond substituents is 1. The average Bonchev–Trinajstić information content (AvgIpc) is 2.82. The van der Waals surface area contributed by atoms with Crippen LogP contribution < -0.4 is 5.32 Å². The van der Waals surface area contributed by atoms with Crippen LogP contribution in [0.5, 0.6) is 5.75 Å². The molecule has 1 aromatic heterocycles. The van der Waals surface area contributed by atoms with Gasteiger partial charge in [-0.05, 0) is 18.2 Å². The highest BCUT2D eigenvalue weighted by Crippen LogP contribution is 2.17. The van der Waals surface area contributed by atoms with E-state index in [0.29, 0.717) is 0 Å². The lowest BCUT2D eigenvalue weighted by molar-refractivity contribution is 0.0946. The summed E-state index contributed by atoms with van der Waals surface area (Å²) in [6.07, 6.45) is 0. The Bertz CT molecular complexity index is 528. The molecular weight excluding hydrogens is 229 g/mol. The van der Waals surface area contributed by atoms with Gasteiger partial charge in [0.25, 0.3) is 5.91 Å². The predicted octanol–water partition coefficient (Wildman–Crippen LogP) is -0.0256. The topological polar surface area (TPSA) is 104 Å². The van der Waals surface area contributed by atoms with Crippen LogP contribution in [0.4, 0.5) is 4.39 Å². The molecule has 7 nitrogen and oxygen atoms in total. The summed E-state index contributed by atoms with van der Waals surface area (Å²) in [7, 11) is 0. The van der Waals surface area contributed by atoms with Crippen molar-refractivity contribution in [1.29, 1.82) is 0 Å². The van der Waals surface area contributed by atoms with Gasteiger partial charge in [0.1, 0.15) is 11.6 Å². The van der Waals surface area contributed by atoms with Crippen LogP contribution in [0, 0.1) is 5.82 Å². The third-order valence-corrected chi connectivity index (χ3v) is 2.00. The number of amides is 1. The van der Waals surface area contributed by atoms with E-state index in [9.17, 15) is 14.3 Å². The number of aromatic hydroxyl groups is 1. The second kappa shape index (κ2) is 4.56. The zero-order valence-corrected chi connectivity index (χ0v) is 8.51. The van der Waals surface area contributed by atoms with Crippen molar-refractivity contribution in [2.24, 2.45) is 0 Å². The van der Waals surface area contributed by atoms with Gasteiger partial charge in [0.15, 0.2) is 5.82 Å². The van der Waals surface area contributed by atoms with E-state index >= 15 is 0 Å². The van der Waals surface area contributed by atoms with Gasteiger partial charge in [-0.1, -0.05) is 5.21 Å². The van der Waals surface area contributed by atoms with Crippen molar-refractivity contribution in [3.63, 3.8) is 0 Å². The summed E-state index contributed by atoms with van der Waals surface area (Å²) in [6.45, 7) is 0.0330. The normalized spacial score (nSPS) is 10.2. The number of nitrogens with one attached hydrogen (secondary N) is 2. The lowest BCUT2D eigenvalue weighted by Gasteiger charge is -2.04. The van der Waals surface area contributed by atoms with Crippen molar-refractivity contribution in [2.45, 2.75) is 6.54 Å². The van der Waals surface area contributed by atoms with E-state index in [1.54, 1.807) is 0 Å². The number of rotatable bonds is 3. The predicted molar refractivity (Wildman–Crippen MR) is 53.4 cm³/mol. The summed E-state index contributed by atoms with van der Waals surface area (Å²) in [6, 6.07) is 3.12. The van der Waals surface area contributed by atoms with Crippen molar-refractivity contribution in [3.8, 4) is 5.75 Å². The number of halogens is 1. The molecule has 0 saturated heterocycles. The fourth-order valence-corrected chi connectivity index (χ4v) is 1.20. The van der Waals surface area contributed by atoms with Gasteiger partial charge < -0.3 is 10.4 Å². The Labute approximate surface area is 94.7 Å². The lowest BCUT2D eigenvalue weighted by Crippen LogP contribution is -2.23. The molecule has 0 aliphatic carbocycles. The third-order valence-electron chi connectivity index (χ3n) is 2.00. The molecule has 2 rings (SSSR count). The maximum absolute atomic E-state index is 12.9. The summed E-state index contributed by atoms with van der Waals surface area (Å²) in [5, 5.41) is 24.6. The molecule has 0 spiro atoms. The van der Waals surface area contributed by atoms with Gasteiger partial charge in [-0.15, -0.1) is 10.2 Å². The van der Waals surface area contributed by atoms with Gasteiger partial charge in [0, 0.05) is 0 Å². The number of nitrogens with zero attached hydrogens (tertiary/aromatic N) is 3. The third kappa shape index (κ3) is 2.54. The minimum atomic E-state index is -0.619. The van der Waals surface area contributed by atoms with Crippen molar-refractivity contribution in [1.82, 2.24) is 25.9 Å². The Morgan fingerprint density at radius 3 is 3.06 bits per heavy atom. The van der Waals surface area contributed by atoms with Crippen LogP contribution in [0.1, 0.15) is 16.2 Å². The van der Waals surface area contributed by atoms with E-state index in [0.717, 1.165) is 18.2 Å². The number of carbonyl (C=O) groups is 1. The Morgan fingerprint density at radius 1 is 1.53 bits per heavy atom. The van der Waals surface area contributed by atoms with Crippen molar-refractivity contribution >= 4 is 5.91 Å². The van der Waals surface area contributed by atoms with Gasteiger partial charge in [-0.25, -0.2) is 4.39 Å². The van der Waals surface area contributed by atoms with Crippen LogP contribution in [-0.4, -0.2) is 31.6 Å². The number of benzene rings is 1. The first-order valence-corrected chi connectivity index (χ1v) is 4.66. The van der Waals surface area contributed by atoms with E-state index in [-0.39, 0.29) is 23.7 Å². The van der Waals surface area contributed by atoms with E-state index in [1.165, 1.54) is 0 Å². The van der Waals surface area contributed by atoms with Crippen LogP contribution >= 0.6 is 0 Å². The minimum Gasteiger partial charge on any atom is -0.507 e. The Kier molecular flexibility index (Phi) is 2.95. The number of hydrogen-bond donors (Lipinski definition) is 3. The Morgan fingerprint density at radius 2 is 2.35 bits per heavy atom. The molecule has 17 heavy (non-hydrogen) atoms. The van der Waals surface area contributed by atoms with Gasteiger partial charge in [-0.2, -0.15) is 5.21 Å². The summed E-state index contributed by atoms with van der Waals surface area (Å²) in [4.78, 5) is 11.6. The molecule has 1 heterocycles. The van der Waals surface area contributed by atoms with E-state index in [1.807, 2.05) is 0 Å². The van der Waals surface area contributed by atoms with Crippen LogP contribution in [0.15, 0.2) is 18.2 Å². The maximum atomic E-state index is 12.9. The van der Waals surface area contributed by atoms with E-state index < -0.39 is 11.7 Å². The molecule has 8 heteroatoms. The summed E-state index contributed by atoms with van der Waals surface area (Å²) < 4.78 is 12.9. The molecule has 0 unspecified atom stereocenters. The standard InChI is InChI=1S/C9H8FN5O2/c10-5-1-2-7(16)6(3-5)9(17)11-4-8-12-14-15-13-8/h1-3,16H,4H2,(H,11,17)(H,12,13,14,15). The van der Waals surface area contributed by atoms with Gasteiger partial charge in [-0.3, -0.25) is 4.79 Å². The molecule has 0 aliphatic heterocycles. The second-order valence-corrected chi connectivity index (χ2v) is 3.17. The molecule has 0 fully saturated rings. The molecule has 3 N–H and O–H groups in total. The number of aromatic amines is 1. The molecule has 2 aromatic rings. The lowest BCUT2D eigenvalue weighted by atomic mass is 10.2. The number of phenols is 1. The average molecular weight is 237 g/mol. The first-order valence-electron chi connectivity index (χ1n) is 4.66. The zero-order chi connectivity index (χ0) is 12.3. The highest BCUT2D eigenvalue weighted by molar-refractivity contribution is 5.96. The van der Waals surface area contributed by atoms with Crippen LogP contribution in [0.25, 0.3) is 0 Å². The van der Waals surface area contributed by atoms with Crippen LogP contribution in [-0.2, 0) is 6.54 Å². The summed E-state index contributed by atoms with van der Waals surface area (Å²) >= 11 is 0. The van der Waals surface area contributed by atoms with Crippen LogP contribution in [0.2, 0.25) is 0 Å². The van der Waals surface area contributed by atoms with E-state index in [2.05, 4.69) is 25.9 Å². The SMILES string of the molecule is O=C(NCc1nn[nH]n1)c1cc(F)ccc1O. The fourth-order valence-electron chi connectivity index (χ4n) is 1.20. The number of aromatic nitrogens is 4. The molecule has 0 atom stereocenters. The quantitative estimate of drug-likeness (QED) is 0.695. The summed E-state index contributed by atoms with van der Waals surface area (Å²) in [5.41, 5.74) is -0.145. The Hall–Kier alpha value is -2.51. The molecule has 0 bridgehead atoms. The van der Waals surface area contributed by atoms with Crippen molar-refractivity contribution in [3.05, 3.63) is 35.4 Å². The van der Waals surface area contributed by atoms with Gasteiger partial charge >= 0.3 is 0 Å². The zero-order valence-electron chi connectivity index (χ0n) is 8.51. The molecule has 0 radical (unpaired) electrons. The molecular formula is C9H8FN5O2. The summed E-state index contributed by atoms with van der Waals surface area (Å²) in [5.74, 6) is -1.23. The largest absolute Gasteiger partial charge is 0.507 e. The number of hydrogen-bond acceptors (Lipinski definition) is 5. The fraction of sp³-hybridized carbons (Fsp3) is 0.111. The highest BCUT2D eigenvalue weighted by Gasteiger charge is 2.12. The Balaban J connectivity index is 2.07. The van der Waals surface area contributed by atoms with Crippen molar-refractivity contribution < 1.29 is 14.3 Å². The number of H-pyrrole nitrogens is 1. The van der Waals surface area contributed by atoms with Gasteiger partial charge in [0.05, 0.1) is 12.1 Å². The number of carbonyl (C=O) groups excluding carboxylic acids is 1. The molecule has 88 valence electrons. The van der Waals surface area contributed by atoms with Crippen LogP contribution in [0.3, 0.4) is 0 Å². The highest BCUT2D eigenvalue weighted by atomic mass is 19.1. The molecule has 0 saturated carbocycles. The molecule has 0 aliphatic rings. The smallest absolute Gasteiger partial charge is 0.255 e. The monoisotopic (exact) mass is 237 g/mol. The first kappa shape index (κ1) is 11.0. The number of tetrazole rings is 1. The van der Waals surface area contributed by atoms with Crippen molar-refractivity contribution in [2.75, 3.05) is 0 Å². The molecule has 1 amide bonds. The van der Waals surface area contributed by atoms with Gasteiger partial charge in [0.2, 0.25) is 0 Å². The first-order chi connectivity index (χ1) is 8.16. The second-order valence-electron chi connectivity index (χ2n) is 3.17.